The van der Waals surface area contributed by atoms with Crippen molar-refractivity contribution >= 4 is 40.0 Å². The number of aromatic nitrogens is 1. The van der Waals surface area contributed by atoms with Crippen molar-refractivity contribution in [1.82, 2.24) is 4.98 Å². The summed E-state index contributed by atoms with van der Waals surface area (Å²) in [5, 5.41) is 21.6. The lowest BCUT2D eigenvalue weighted by Gasteiger charge is -2.20. The molecule has 1 aliphatic rings. The van der Waals surface area contributed by atoms with Gasteiger partial charge in [-0.15, -0.1) is 11.3 Å². The second kappa shape index (κ2) is 7.20. The van der Waals surface area contributed by atoms with Crippen LogP contribution in [0, 0.1) is 5.41 Å². The Kier molecular flexibility index (Phi) is 4.84. The molecule has 4 nitrogen and oxygen atoms in total. The number of aliphatic hydroxyl groups excluding tert-OH is 1. The molecule has 1 aliphatic heterocycles. The van der Waals surface area contributed by atoms with E-state index in [1.807, 2.05) is 12.1 Å². The number of halogens is 4. The third-order valence-corrected chi connectivity index (χ3v) is 5.56. The summed E-state index contributed by atoms with van der Waals surface area (Å²) < 4.78 is 39.0. The maximum atomic E-state index is 13.0. The number of nitrogens with one attached hydrogen (secondary N) is 1. The second-order valence-corrected chi connectivity index (χ2v) is 7.64. The van der Waals surface area contributed by atoms with Gasteiger partial charge in [0, 0.05) is 21.7 Å². The Morgan fingerprint density at radius 2 is 1.86 bits per heavy atom. The van der Waals surface area contributed by atoms with Crippen LogP contribution in [0.3, 0.4) is 0 Å². The highest BCUT2D eigenvalue weighted by Crippen LogP contribution is 2.37. The van der Waals surface area contributed by atoms with E-state index in [0.29, 0.717) is 15.7 Å². The molecule has 0 saturated heterocycles. The Bertz CT molecular complexity index is 1120. The first-order valence-electron chi connectivity index (χ1n) is 8.41. The summed E-state index contributed by atoms with van der Waals surface area (Å²) in [4.78, 5) is 5.81. The first kappa shape index (κ1) is 19.5. The molecule has 3 aromatic rings. The number of nitrogens with zero attached hydrogens (tertiary/aromatic N) is 2. The standard InChI is InChI=1S/C20H13ClF3N3OS/c21-13-6-4-11(5-7-13)15-10-29-19(26-15)17-16(28)9-27(18(17)25)14-3-1-2-12(8-14)20(22,23)24/h1-8,10,25,28H,9H2. The number of thiazole rings is 1. The predicted octanol–water partition coefficient (Wildman–Crippen LogP) is 6.25. The van der Waals surface area contributed by atoms with Crippen LogP contribution in [0.5, 0.6) is 0 Å². The van der Waals surface area contributed by atoms with Gasteiger partial charge in [0.25, 0.3) is 0 Å². The molecule has 0 atom stereocenters. The summed E-state index contributed by atoms with van der Waals surface area (Å²) in [6.45, 7) is -0.0919. The highest BCUT2D eigenvalue weighted by atomic mass is 35.5. The Morgan fingerprint density at radius 3 is 2.55 bits per heavy atom. The van der Waals surface area contributed by atoms with Gasteiger partial charge < -0.3 is 10.0 Å². The van der Waals surface area contributed by atoms with Crippen LogP contribution in [-0.2, 0) is 6.18 Å². The van der Waals surface area contributed by atoms with Crippen LogP contribution in [0.25, 0.3) is 16.8 Å². The molecule has 0 aliphatic carbocycles. The monoisotopic (exact) mass is 435 g/mol. The van der Waals surface area contributed by atoms with Crippen LogP contribution in [0.15, 0.2) is 59.7 Å². The Labute approximate surface area is 173 Å². The van der Waals surface area contributed by atoms with E-state index in [1.165, 1.54) is 28.4 Å². The minimum absolute atomic E-state index is 0.0919. The number of rotatable bonds is 3. The summed E-state index contributed by atoms with van der Waals surface area (Å²) in [6.07, 6.45) is -4.49. The van der Waals surface area contributed by atoms with Gasteiger partial charge in [0.1, 0.15) is 16.6 Å². The first-order valence-corrected chi connectivity index (χ1v) is 9.67. The van der Waals surface area contributed by atoms with E-state index in [-0.39, 0.29) is 29.4 Å². The maximum absolute atomic E-state index is 13.0. The molecule has 2 heterocycles. The molecule has 29 heavy (non-hydrogen) atoms. The number of aliphatic hydroxyl groups is 1. The minimum Gasteiger partial charge on any atom is -0.510 e. The number of hydrogen-bond acceptors (Lipinski definition) is 4. The van der Waals surface area contributed by atoms with E-state index in [4.69, 9.17) is 17.0 Å². The van der Waals surface area contributed by atoms with Gasteiger partial charge in [0.2, 0.25) is 0 Å². The fourth-order valence-electron chi connectivity index (χ4n) is 3.02. The summed E-state index contributed by atoms with van der Waals surface area (Å²) in [7, 11) is 0. The van der Waals surface area contributed by atoms with Crippen LogP contribution in [0.1, 0.15) is 10.6 Å². The van der Waals surface area contributed by atoms with E-state index in [0.717, 1.165) is 17.7 Å². The van der Waals surface area contributed by atoms with Crippen LogP contribution in [-0.4, -0.2) is 22.5 Å². The molecule has 0 bridgehead atoms. The molecule has 1 aromatic heterocycles. The van der Waals surface area contributed by atoms with Crippen molar-refractivity contribution < 1.29 is 18.3 Å². The number of hydrogen-bond donors (Lipinski definition) is 2. The third kappa shape index (κ3) is 3.73. The third-order valence-electron chi connectivity index (χ3n) is 4.45. The average molecular weight is 436 g/mol. The molecule has 0 amide bonds. The smallest absolute Gasteiger partial charge is 0.416 e. The van der Waals surface area contributed by atoms with Gasteiger partial charge in [-0.3, -0.25) is 5.41 Å². The van der Waals surface area contributed by atoms with E-state index in [1.54, 1.807) is 17.5 Å². The van der Waals surface area contributed by atoms with E-state index >= 15 is 0 Å². The van der Waals surface area contributed by atoms with Crippen LogP contribution in [0.4, 0.5) is 18.9 Å². The SMILES string of the molecule is N=C1C(c2nc(-c3ccc(Cl)cc3)cs2)=C(O)CN1c1cccc(C(F)(F)F)c1. The van der Waals surface area contributed by atoms with Gasteiger partial charge in [-0.2, -0.15) is 13.2 Å². The zero-order valence-corrected chi connectivity index (χ0v) is 16.2. The van der Waals surface area contributed by atoms with Crippen LogP contribution >= 0.6 is 22.9 Å². The number of amidine groups is 1. The lowest BCUT2D eigenvalue weighted by Crippen LogP contribution is -2.26. The van der Waals surface area contributed by atoms with Gasteiger partial charge >= 0.3 is 6.18 Å². The zero-order chi connectivity index (χ0) is 20.8. The van der Waals surface area contributed by atoms with Crippen molar-refractivity contribution in [3.05, 3.63) is 75.3 Å². The molecule has 0 spiro atoms. The molecule has 9 heteroatoms. The van der Waals surface area contributed by atoms with Crippen molar-refractivity contribution in [2.24, 2.45) is 0 Å². The molecular weight excluding hydrogens is 423 g/mol. The highest BCUT2D eigenvalue weighted by Gasteiger charge is 2.34. The Balaban J connectivity index is 1.63. The summed E-state index contributed by atoms with van der Waals surface area (Å²) in [5.74, 6) is -0.205. The maximum Gasteiger partial charge on any atom is 0.416 e. The summed E-state index contributed by atoms with van der Waals surface area (Å²) in [6, 6.07) is 11.8. The molecule has 0 radical (unpaired) electrons. The van der Waals surface area contributed by atoms with Crippen molar-refractivity contribution in [2.75, 3.05) is 11.4 Å². The molecule has 0 fully saturated rings. The molecule has 4 rings (SSSR count). The van der Waals surface area contributed by atoms with Crippen LogP contribution in [0.2, 0.25) is 5.02 Å². The van der Waals surface area contributed by atoms with Gasteiger partial charge in [0.05, 0.1) is 23.4 Å². The minimum atomic E-state index is -4.49. The topological polar surface area (TPSA) is 60.2 Å². The fourth-order valence-corrected chi connectivity index (χ4v) is 4.04. The van der Waals surface area contributed by atoms with Crippen LogP contribution < -0.4 is 4.90 Å². The molecule has 0 unspecified atom stereocenters. The molecule has 2 aromatic carbocycles. The van der Waals surface area contributed by atoms with Crippen molar-refractivity contribution in [3.8, 4) is 11.3 Å². The van der Waals surface area contributed by atoms with E-state index in [2.05, 4.69) is 4.98 Å². The lowest BCUT2D eigenvalue weighted by atomic mass is 10.1. The van der Waals surface area contributed by atoms with Gasteiger partial charge in [-0.05, 0) is 30.3 Å². The Morgan fingerprint density at radius 1 is 1.14 bits per heavy atom. The molecular formula is C20H13ClF3N3OS. The lowest BCUT2D eigenvalue weighted by molar-refractivity contribution is -0.137. The number of anilines is 1. The van der Waals surface area contributed by atoms with E-state index < -0.39 is 11.7 Å². The quantitative estimate of drug-likeness (QED) is 0.511. The molecule has 0 saturated carbocycles. The summed E-state index contributed by atoms with van der Waals surface area (Å²) >= 11 is 7.15. The normalized spacial score (nSPS) is 14.8. The van der Waals surface area contributed by atoms with Crippen molar-refractivity contribution in [1.29, 1.82) is 5.41 Å². The van der Waals surface area contributed by atoms with Gasteiger partial charge in [0.15, 0.2) is 0 Å². The summed E-state index contributed by atoms with van der Waals surface area (Å²) in [5.41, 5.74) is 1.08. The first-order chi connectivity index (χ1) is 13.7. The predicted molar refractivity (Wildman–Crippen MR) is 109 cm³/mol. The highest BCUT2D eigenvalue weighted by molar-refractivity contribution is 7.11. The molecule has 148 valence electrons. The fraction of sp³-hybridized carbons (Fsp3) is 0.100. The van der Waals surface area contributed by atoms with E-state index in [9.17, 15) is 18.3 Å². The zero-order valence-electron chi connectivity index (χ0n) is 14.7. The molecule has 2 N–H and O–H groups in total. The largest absolute Gasteiger partial charge is 0.510 e. The number of benzene rings is 2. The van der Waals surface area contributed by atoms with Crippen molar-refractivity contribution in [3.63, 3.8) is 0 Å². The second-order valence-electron chi connectivity index (χ2n) is 6.35. The number of alkyl halides is 3. The Hall–Kier alpha value is -2.84. The van der Waals surface area contributed by atoms with Gasteiger partial charge in [-0.25, -0.2) is 4.98 Å². The van der Waals surface area contributed by atoms with Crippen molar-refractivity contribution in [2.45, 2.75) is 6.18 Å². The van der Waals surface area contributed by atoms with Gasteiger partial charge in [-0.1, -0.05) is 29.8 Å². The average Bonchev–Trinajstić information content (AvgIpc) is 3.26.